The lowest BCUT2D eigenvalue weighted by Gasteiger charge is -2.27. The summed E-state index contributed by atoms with van der Waals surface area (Å²) in [5, 5.41) is 13.2. The molecule has 1 heterocycles. The van der Waals surface area contributed by atoms with Crippen LogP contribution in [0.1, 0.15) is 5.56 Å². The van der Waals surface area contributed by atoms with Crippen LogP contribution in [0.15, 0.2) is 23.1 Å². The van der Waals surface area contributed by atoms with Crippen molar-refractivity contribution in [3.8, 4) is 5.75 Å². The van der Waals surface area contributed by atoms with Gasteiger partial charge in [-0.2, -0.15) is 0 Å². The van der Waals surface area contributed by atoms with Gasteiger partial charge in [0.05, 0.1) is 4.90 Å². The Morgan fingerprint density at radius 3 is 2.58 bits per heavy atom. The molecule has 1 aromatic rings. The Balaban J connectivity index is 2.01. The van der Waals surface area contributed by atoms with Gasteiger partial charge in [-0.3, -0.25) is 0 Å². The second-order valence-corrected chi connectivity index (χ2v) is 6.92. The fraction of sp³-hybridized carbons (Fsp3) is 0.538. The number of hydrogen-bond donors (Lipinski definition) is 2. The summed E-state index contributed by atoms with van der Waals surface area (Å²) in [6.45, 7) is 4.91. The van der Waals surface area contributed by atoms with Gasteiger partial charge in [0, 0.05) is 39.0 Å². The van der Waals surface area contributed by atoms with Crippen LogP contribution >= 0.6 is 0 Å². The third-order valence-corrected chi connectivity index (χ3v) is 4.50. The molecule has 0 saturated carbocycles. The van der Waals surface area contributed by atoms with Crippen molar-refractivity contribution in [1.82, 2.24) is 10.2 Å². The molecule has 1 aliphatic rings. The predicted molar refractivity (Wildman–Crippen MR) is 74.2 cm³/mol. The molecule has 106 valence electrons. The maximum absolute atomic E-state index is 11.4. The van der Waals surface area contributed by atoms with Gasteiger partial charge in [-0.15, -0.1) is 0 Å². The zero-order chi connectivity index (χ0) is 13.9. The summed E-state index contributed by atoms with van der Waals surface area (Å²) in [6, 6.07) is 4.60. The molecule has 19 heavy (non-hydrogen) atoms. The molecule has 1 saturated heterocycles. The zero-order valence-electron chi connectivity index (χ0n) is 11.1. The number of rotatable bonds is 4. The Morgan fingerprint density at radius 1 is 1.32 bits per heavy atom. The van der Waals surface area contributed by atoms with Crippen LogP contribution in [0.5, 0.6) is 5.75 Å². The van der Waals surface area contributed by atoms with Crippen LogP contribution in [0.3, 0.4) is 0 Å². The summed E-state index contributed by atoms with van der Waals surface area (Å²) in [5.74, 6) is 0.0676. The average Bonchev–Trinajstić information content (AvgIpc) is 2.37. The molecule has 0 spiro atoms. The summed E-state index contributed by atoms with van der Waals surface area (Å²) in [7, 11) is -3.26. The largest absolute Gasteiger partial charge is 0.508 e. The fourth-order valence-corrected chi connectivity index (χ4v) is 2.84. The maximum Gasteiger partial charge on any atom is 0.175 e. The molecule has 1 aromatic carbocycles. The van der Waals surface area contributed by atoms with E-state index in [0.29, 0.717) is 0 Å². The van der Waals surface area contributed by atoms with Gasteiger partial charge in [0.2, 0.25) is 0 Å². The van der Waals surface area contributed by atoms with E-state index >= 15 is 0 Å². The molecule has 0 radical (unpaired) electrons. The number of hydrogen-bond acceptors (Lipinski definition) is 5. The minimum atomic E-state index is -3.26. The van der Waals surface area contributed by atoms with Crippen molar-refractivity contribution in [2.24, 2.45) is 0 Å². The van der Waals surface area contributed by atoms with Crippen LogP contribution in [0.2, 0.25) is 0 Å². The summed E-state index contributed by atoms with van der Waals surface area (Å²) >= 11 is 0. The molecule has 0 atom stereocenters. The standard InChI is InChI=1S/C13H20N2O3S/c1-19(17,18)12-3-2-11(13(16)10-12)4-7-15-8-5-14-6-9-15/h2-3,10,14,16H,4-9H2,1H3. The Bertz CT molecular complexity index is 537. The summed E-state index contributed by atoms with van der Waals surface area (Å²) in [4.78, 5) is 2.50. The number of aromatic hydroxyl groups is 1. The van der Waals surface area contributed by atoms with Crippen LogP contribution < -0.4 is 5.32 Å². The summed E-state index contributed by atoms with van der Waals surface area (Å²) < 4.78 is 22.8. The van der Waals surface area contributed by atoms with Gasteiger partial charge in [0.1, 0.15) is 5.75 Å². The van der Waals surface area contributed by atoms with Crippen molar-refractivity contribution in [3.05, 3.63) is 23.8 Å². The van der Waals surface area contributed by atoms with Gasteiger partial charge in [-0.1, -0.05) is 6.07 Å². The van der Waals surface area contributed by atoms with Crippen molar-refractivity contribution in [2.45, 2.75) is 11.3 Å². The predicted octanol–water partition coefficient (Wildman–Crippen LogP) is 0.243. The van der Waals surface area contributed by atoms with Crippen molar-refractivity contribution in [3.63, 3.8) is 0 Å². The number of sulfone groups is 1. The molecule has 1 aliphatic heterocycles. The highest BCUT2D eigenvalue weighted by molar-refractivity contribution is 7.90. The first-order valence-electron chi connectivity index (χ1n) is 6.42. The first-order valence-corrected chi connectivity index (χ1v) is 8.31. The summed E-state index contributed by atoms with van der Waals surface area (Å²) in [6.07, 6.45) is 1.87. The number of piperazine rings is 1. The molecule has 5 nitrogen and oxygen atoms in total. The van der Waals surface area contributed by atoms with Gasteiger partial charge < -0.3 is 15.3 Å². The Morgan fingerprint density at radius 2 is 2.00 bits per heavy atom. The minimum absolute atomic E-state index is 0.0676. The van der Waals surface area contributed by atoms with E-state index in [9.17, 15) is 13.5 Å². The SMILES string of the molecule is CS(=O)(=O)c1ccc(CCN2CCNCC2)c(O)c1. The number of benzene rings is 1. The quantitative estimate of drug-likeness (QED) is 0.829. The van der Waals surface area contributed by atoms with Crippen LogP contribution in [0.4, 0.5) is 0 Å². The Labute approximate surface area is 114 Å². The minimum Gasteiger partial charge on any atom is -0.508 e. The fourth-order valence-electron chi connectivity index (χ4n) is 2.20. The first-order chi connectivity index (χ1) is 8.97. The van der Waals surface area contributed by atoms with E-state index < -0.39 is 9.84 Å². The van der Waals surface area contributed by atoms with Gasteiger partial charge in [0.25, 0.3) is 0 Å². The number of phenols is 1. The molecule has 0 unspecified atom stereocenters. The van der Waals surface area contributed by atoms with E-state index in [0.717, 1.165) is 51.0 Å². The molecular weight excluding hydrogens is 264 g/mol. The third kappa shape index (κ3) is 3.92. The molecule has 2 rings (SSSR count). The molecule has 0 amide bonds. The van der Waals surface area contributed by atoms with Gasteiger partial charge in [-0.05, 0) is 24.1 Å². The van der Waals surface area contributed by atoms with Gasteiger partial charge in [0.15, 0.2) is 9.84 Å². The lowest BCUT2D eigenvalue weighted by Crippen LogP contribution is -2.44. The smallest absolute Gasteiger partial charge is 0.175 e. The van der Waals surface area contributed by atoms with Crippen LogP contribution in [0.25, 0.3) is 0 Å². The molecular formula is C13H20N2O3S. The van der Waals surface area contributed by atoms with E-state index in [1.165, 1.54) is 6.07 Å². The highest BCUT2D eigenvalue weighted by Gasteiger charge is 2.13. The second-order valence-electron chi connectivity index (χ2n) is 4.90. The van der Waals surface area contributed by atoms with E-state index in [1.807, 2.05) is 0 Å². The first kappa shape index (κ1) is 14.3. The zero-order valence-corrected chi connectivity index (χ0v) is 11.9. The van der Waals surface area contributed by atoms with Crippen LogP contribution in [0, 0.1) is 0 Å². The van der Waals surface area contributed by atoms with Crippen LogP contribution in [-0.2, 0) is 16.3 Å². The lowest BCUT2D eigenvalue weighted by molar-refractivity contribution is 0.243. The Hall–Kier alpha value is -1.11. The maximum atomic E-state index is 11.4. The normalized spacial score (nSPS) is 17.5. The molecule has 0 aliphatic carbocycles. The van der Waals surface area contributed by atoms with Gasteiger partial charge >= 0.3 is 0 Å². The van der Waals surface area contributed by atoms with E-state index in [1.54, 1.807) is 12.1 Å². The van der Waals surface area contributed by atoms with E-state index in [-0.39, 0.29) is 10.6 Å². The number of phenolic OH excluding ortho intramolecular Hbond substituents is 1. The Kier molecular flexibility index (Phi) is 4.44. The molecule has 2 N–H and O–H groups in total. The van der Waals surface area contributed by atoms with E-state index in [4.69, 9.17) is 0 Å². The lowest BCUT2D eigenvalue weighted by atomic mass is 10.1. The monoisotopic (exact) mass is 284 g/mol. The topological polar surface area (TPSA) is 69.6 Å². The van der Waals surface area contributed by atoms with Crippen molar-refractivity contribution in [1.29, 1.82) is 0 Å². The third-order valence-electron chi connectivity index (χ3n) is 3.39. The van der Waals surface area contributed by atoms with Crippen molar-refractivity contribution in [2.75, 3.05) is 39.0 Å². The molecule has 1 fully saturated rings. The molecule has 6 heteroatoms. The second kappa shape index (κ2) is 5.90. The van der Waals surface area contributed by atoms with Crippen LogP contribution in [-0.4, -0.2) is 57.4 Å². The van der Waals surface area contributed by atoms with E-state index in [2.05, 4.69) is 10.2 Å². The highest BCUT2D eigenvalue weighted by atomic mass is 32.2. The molecule has 0 aromatic heterocycles. The average molecular weight is 284 g/mol. The molecule has 0 bridgehead atoms. The highest BCUT2D eigenvalue weighted by Crippen LogP contribution is 2.22. The van der Waals surface area contributed by atoms with Gasteiger partial charge in [-0.25, -0.2) is 8.42 Å². The van der Waals surface area contributed by atoms with Crippen molar-refractivity contribution < 1.29 is 13.5 Å². The van der Waals surface area contributed by atoms with Crippen molar-refractivity contribution >= 4 is 9.84 Å². The summed E-state index contributed by atoms with van der Waals surface area (Å²) in [5.41, 5.74) is 0.797. The number of nitrogens with zero attached hydrogens (tertiary/aromatic N) is 1. The number of nitrogens with one attached hydrogen (secondary N) is 1.